The molecule has 3 heterocycles. The van der Waals surface area contributed by atoms with E-state index in [4.69, 9.17) is 0 Å². The zero-order valence-corrected chi connectivity index (χ0v) is 17.1. The van der Waals surface area contributed by atoms with Crippen molar-refractivity contribution >= 4 is 38.5 Å². The fourth-order valence-corrected chi connectivity index (χ4v) is 5.70. The minimum absolute atomic E-state index is 0.0156. The monoisotopic (exact) mass is 435 g/mol. The van der Waals surface area contributed by atoms with Crippen LogP contribution in [0.15, 0.2) is 41.8 Å². The number of fused-ring (bicyclic) bond motifs is 1. The van der Waals surface area contributed by atoms with Gasteiger partial charge in [-0.2, -0.15) is 5.10 Å². The van der Waals surface area contributed by atoms with Crippen LogP contribution in [0.25, 0.3) is 16.7 Å². The first-order valence-corrected chi connectivity index (χ1v) is 11.6. The number of nitrogens with one attached hydrogen (secondary N) is 1. The number of thioether (sulfide) groups is 1. The van der Waals surface area contributed by atoms with E-state index in [-0.39, 0.29) is 29.3 Å². The molecular weight excluding hydrogens is 417 g/mol. The van der Waals surface area contributed by atoms with Gasteiger partial charge < -0.3 is 5.32 Å². The van der Waals surface area contributed by atoms with Gasteiger partial charge in [0.1, 0.15) is 17.2 Å². The second-order valence-electron chi connectivity index (χ2n) is 6.82. The minimum atomic E-state index is -3.06. The first-order valence-electron chi connectivity index (χ1n) is 8.94. The van der Waals surface area contributed by atoms with Gasteiger partial charge in [0.05, 0.1) is 34.0 Å². The van der Waals surface area contributed by atoms with E-state index in [0.717, 1.165) is 0 Å². The van der Waals surface area contributed by atoms with E-state index < -0.39 is 15.1 Å². The maximum atomic E-state index is 13.2. The van der Waals surface area contributed by atoms with Crippen LogP contribution in [0.2, 0.25) is 0 Å². The third kappa shape index (κ3) is 4.25. The first-order chi connectivity index (χ1) is 13.8. The number of sulfone groups is 1. The SMILES string of the molecule is C[C@@H](Sc1ncnc2c1cnn2-c1ccc(F)cc1)C(=O)N[C@H]1CCS(=O)(=O)C1. The molecule has 0 aliphatic carbocycles. The number of hydrogen-bond acceptors (Lipinski definition) is 7. The number of aromatic nitrogens is 4. The summed E-state index contributed by atoms with van der Waals surface area (Å²) >= 11 is 1.25. The van der Waals surface area contributed by atoms with Crippen LogP contribution in [-0.4, -0.2) is 56.9 Å². The lowest BCUT2D eigenvalue weighted by Gasteiger charge is -2.15. The Bertz CT molecular complexity index is 1160. The molecule has 3 aromatic rings. The third-order valence-corrected chi connectivity index (χ3v) is 7.52. The highest BCUT2D eigenvalue weighted by molar-refractivity contribution is 8.00. The van der Waals surface area contributed by atoms with Crippen LogP contribution in [0, 0.1) is 5.82 Å². The van der Waals surface area contributed by atoms with Gasteiger partial charge in [0.15, 0.2) is 15.5 Å². The molecule has 2 aromatic heterocycles. The summed E-state index contributed by atoms with van der Waals surface area (Å²) in [7, 11) is -3.06. The highest BCUT2D eigenvalue weighted by atomic mass is 32.2. The fourth-order valence-electron chi connectivity index (χ4n) is 3.14. The Kier molecular flexibility index (Phi) is 5.26. The summed E-state index contributed by atoms with van der Waals surface area (Å²) in [6, 6.07) is 5.54. The maximum Gasteiger partial charge on any atom is 0.233 e. The molecule has 1 N–H and O–H groups in total. The van der Waals surface area contributed by atoms with E-state index in [0.29, 0.717) is 28.2 Å². The number of carbonyl (C=O) groups is 1. The molecule has 0 bridgehead atoms. The summed E-state index contributed by atoms with van der Waals surface area (Å²) in [5, 5.41) is 7.90. The van der Waals surface area contributed by atoms with E-state index in [1.807, 2.05) is 0 Å². The number of benzene rings is 1. The second-order valence-corrected chi connectivity index (χ2v) is 10.4. The lowest BCUT2D eigenvalue weighted by Crippen LogP contribution is -2.39. The van der Waals surface area contributed by atoms with Crippen molar-refractivity contribution in [2.75, 3.05) is 11.5 Å². The van der Waals surface area contributed by atoms with Crippen LogP contribution < -0.4 is 5.32 Å². The summed E-state index contributed by atoms with van der Waals surface area (Å²) < 4.78 is 37.9. The molecule has 4 rings (SSSR count). The van der Waals surface area contributed by atoms with E-state index in [1.54, 1.807) is 29.9 Å². The van der Waals surface area contributed by atoms with Crippen LogP contribution in [0.1, 0.15) is 13.3 Å². The topological polar surface area (TPSA) is 107 Å². The average Bonchev–Trinajstić information content (AvgIpc) is 3.26. The van der Waals surface area contributed by atoms with E-state index in [9.17, 15) is 17.6 Å². The molecule has 1 aliphatic heterocycles. The van der Waals surface area contributed by atoms with Crippen LogP contribution in [0.5, 0.6) is 0 Å². The molecule has 0 spiro atoms. The summed E-state index contributed by atoms with van der Waals surface area (Å²) in [4.78, 5) is 21.0. The predicted octanol–water partition coefficient (Wildman–Crippen LogP) is 1.74. The fraction of sp³-hybridized carbons (Fsp3) is 0.333. The van der Waals surface area contributed by atoms with Crippen LogP contribution in [0.4, 0.5) is 4.39 Å². The van der Waals surface area contributed by atoms with Crippen molar-refractivity contribution in [2.24, 2.45) is 0 Å². The molecule has 152 valence electrons. The van der Waals surface area contributed by atoms with Crippen molar-refractivity contribution in [1.29, 1.82) is 0 Å². The Morgan fingerprint density at radius 2 is 2.07 bits per heavy atom. The van der Waals surface area contributed by atoms with Crippen molar-refractivity contribution in [3.05, 3.63) is 42.6 Å². The molecule has 8 nitrogen and oxygen atoms in total. The molecule has 1 aromatic carbocycles. The molecule has 0 saturated carbocycles. The van der Waals surface area contributed by atoms with E-state index >= 15 is 0 Å². The zero-order chi connectivity index (χ0) is 20.6. The molecule has 11 heteroatoms. The van der Waals surface area contributed by atoms with Gasteiger partial charge in [-0.05, 0) is 37.6 Å². The van der Waals surface area contributed by atoms with E-state index in [1.165, 1.54) is 30.2 Å². The standard InChI is InChI=1S/C18H18FN5O3S2/c1-11(17(25)23-13-6-7-29(26,27)9-13)28-18-15-8-22-24(16(15)20-10-21-18)14-4-2-12(19)3-5-14/h2-5,8,10-11,13H,6-7,9H2,1H3,(H,23,25)/t11-,13+/m1/s1. The number of hydrogen-bond donors (Lipinski definition) is 1. The zero-order valence-electron chi connectivity index (χ0n) is 15.4. The smallest absolute Gasteiger partial charge is 0.233 e. The van der Waals surface area contributed by atoms with Gasteiger partial charge >= 0.3 is 0 Å². The van der Waals surface area contributed by atoms with Gasteiger partial charge in [0.2, 0.25) is 5.91 Å². The summed E-state index contributed by atoms with van der Waals surface area (Å²) in [5.74, 6) is -0.492. The number of nitrogens with zero attached hydrogens (tertiary/aromatic N) is 4. The quantitative estimate of drug-likeness (QED) is 0.480. The van der Waals surface area contributed by atoms with Crippen LogP contribution in [-0.2, 0) is 14.6 Å². The summed E-state index contributed by atoms with van der Waals surface area (Å²) in [6.45, 7) is 1.74. The Balaban J connectivity index is 1.52. The third-order valence-electron chi connectivity index (χ3n) is 4.64. The van der Waals surface area contributed by atoms with Crippen molar-refractivity contribution in [2.45, 2.75) is 29.7 Å². The van der Waals surface area contributed by atoms with Gasteiger partial charge in [-0.1, -0.05) is 11.8 Å². The molecular formula is C18H18FN5O3S2. The average molecular weight is 436 g/mol. The molecule has 29 heavy (non-hydrogen) atoms. The Hall–Kier alpha value is -2.53. The number of rotatable bonds is 5. The highest BCUT2D eigenvalue weighted by Crippen LogP contribution is 2.29. The Labute approximate surface area is 170 Å². The second kappa shape index (κ2) is 7.71. The first kappa shape index (κ1) is 19.8. The van der Waals surface area contributed by atoms with Crippen molar-refractivity contribution < 1.29 is 17.6 Å². The Morgan fingerprint density at radius 1 is 1.31 bits per heavy atom. The molecule has 1 saturated heterocycles. The van der Waals surface area contributed by atoms with Gasteiger partial charge in [0.25, 0.3) is 0 Å². The summed E-state index contributed by atoms with van der Waals surface area (Å²) in [6.07, 6.45) is 3.43. The molecule has 0 unspecified atom stereocenters. The van der Waals surface area contributed by atoms with Crippen LogP contribution >= 0.6 is 11.8 Å². The van der Waals surface area contributed by atoms with Crippen LogP contribution in [0.3, 0.4) is 0 Å². The number of carbonyl (C=O) groups excluding carboxylic acids is 1. The molecule has 1 aliphatic rings. The predicted molar refractivity (Wildman–Crippen MR) is 107 cm³/mol. The summed E-state index contributed by atoms with van der Waals surface area (Å²) in [5.41, 5.74) is 1.20. The minimum Gasteiger partial charge on any atom is -0.351 e. The Morgan fingerprint density at radius 3 is 2.76 bits per heavy atom. The lowest BCUT2D eigenvalue weighted by atomic mass is 10.2. The number of amides is 1. The normalized spacial score (nSPS) is 19.3. The van der Waals surface area contributed by atoms with Crippen molar-refractivity contribution in [1.82, 2.24) is 25.1 Å². The van der Waals surface area contributed by atoms with Gasteiger partial charge in [-0.15, -0.1) is 0 Å². The van der Waals surface area contributed by atoms with Gasteiger partial charge in [-0.25, -0.2) is 27.5 Å². The molecule has 0 radical (unpaired) electrons. The van der Waals surface area contributed by atoms with Crippen molar-refractivity contribution in [3.8, 4) is 5.69 Å². The number of halogens is 1. The largest absolute Gasteiger partial charge is 0.351 e. The molecule has 1 fully saturated rings. The van der Waals surface area contributed by atoms with E-state index in [2.05, 4.69) is 20.4 Å². The van der Waals surface area contributed by atoms with Crippen molar-refractivity contribution in [3.63, 3.8) is 0 Å². The van der Waals surface area contributed by atoms with Gasteiger partial charge in [0, 0.05) is 6.04 Å². The highest BCUT2D eigenvalue weighted by Gasteiger charge is 2.30. The van der Waals surface area contributed by atoms with Gasteiger partial charge in [-0.3, -0.25) is 4.79 Å². The molecule has 2 atom stereocenters. The maximum absolute atomic E-state index is 13.2. The lowest BCUT2D eigenvalue weighted by molar-refractivity contribution is -0.120. The molecule has 1 amide bonds.